The van der Waals surface area contributed by atoms with Crippen LogP contribution in [0, 0.1) is 0 Å². The first kappa shape index (κ1) is 21.6. The molecule has 1 fully saturated rings. The smallest absolute Gasteiger partial charge is 0.324 e. The molecule has 1 unspecified atom stereocenters. The summed E-state index contributed by atoms with van der Waals surface area (Å²) in [5.41, 5.74) is 3.75. The average Bonchev–Trinajstić information content (AvgIpc) is 2.81. The molecule has 1 aliphatic heterocycles. The van der Waals surface area contributed by atoms with E-state index in [1.54, 1.807) is 42.2 Å². The van der Waals surface area contributed by atoms with Gasteiger partial charge in [-0.1, -0.05) is 42.5 Å². The van der Waals surface area contributed by atoms with Crippen LogP contribution in [-0.4, -0.2) is 35.0 Å². The molecule has 6 heteroatoms. The number of urea groups is 1. The molecule has 0 spiro atoms. The van der Waals surface area contributed by atoms with Gasteiger partial charge in [0.15, 0.2) is 0 Å². The van der Waals surface area contributed by atoms with Crippen LogP contribution in [0.25, 0.3) is 0 Å². The predicted octanol–water partition coefficient (Wildman–Crippen LogP) is 4.82. The molecular weight excluding hydrogens is 402 g/mol. The summed E-state index contributed by atoms with van der Waals surface area (Å²) in [6, 6.07) is 24.2. The second-order valence-electron chi connectivity index (χ2n) is 8.00. The molecule has 1 heterocycles. The van der Waals surface area contributed by atoms with Crippen molar-refractivity contribution in [3.05, 3.63) is 95.6 Å². The molecule has 0 saturated carbocycles. The Morgan fingerprint density at radius 2 is 1.75 bits per heavy atom. The fraction of sp³-hybridized carbons (Fsp3) is 0.231. The van der Waals surface area contributed by atoms with Gasteiger partial charge >= 0.3 is 6.03 Å². The summed E-state index contributed by atoms with van der Waals surface area (Å²) < 4.78 is 0. The highest BCUT2D eigenvalue weighted by Gasteiger charge is 2.26. The van der Waals surface area contributed by atoms with Crippen molar-refractivity contribution in [1.82, 2.24) is 4.90 Å². The summed E-state index contributed by atoms with van der Waals surface area (Å²) in [5.74, 6) is -0.241. The maximum absolute atomic E-state index is 13.0. The van der Waals surface area contributed by atoms with Crippen molar-refractivity contribution in [2.24, 2.45) is 0 Å². The molecule has 4 rings (SSSR count). The van der Waals surface area contributed by atoms with Crippen molar-refractivity contribution >= 4 is 23.3 Å². The zero-order chi connectivity index (χ0) is 22.5. The van der Waals surface area contributed by atoms with Gasteiger partial charge in [0.1, 0.15) is 0 Å². The first-order valence-electron chi connectivity index (χ1n) is 10.8. The van der Waals surface area contributed by atoms with E-state index < -0.39 is 6.10 Å². The molecule has 164 valence electrons. The summed E-state index contributed by atoms with van der Waals surface area (Å²) in [7, 11) is 0. The normalized spacial score (nSPS) is 14.9. The number of hydrogen-bond acceptors (Lipinski definition) is 3. The zero-order valence-corrected chi connectivity index (χ0v) is 18.1. The maximum atomic E-state index is 13.0. The van der Waals surface area contributed by atoms with E-state index in [2.05, 4.69) is 5.32 Å². The second kappa shape index (κ2) is 9.66. The van der Waals surface area contributed by atoms with Gasteiger partial charge in [-0.15, -0.1) is 0 Å². The van der Waals surface area contributed by atoms with Crippen molar-refractivity contribution in [1.29, 1.82) is 0 Å². The summed E-state index contributed by atoms with van der Waals surface area (Å²) in [4.78, 5) is 29.3. The summed E-state index contributed by atoms with van der Waals surface area (Å²) in [5, 5.41) is 12.6. The van der Waals surface area contributed by atoms with Gasteiger partial charge in [0.25, 0.3) is 5.91 Å². The topological polar surface area (TPSA) is 72.9 Å². The van der Waals surface area contributed by atoms with Crippen LogP contribution in [-0.2, 0) is 6.54 Å². The fourth-order valence-electron chi connectivity index (χ4n) is 3.84. The third kappa shape index (κ3) is 4.98. The van der Waals surface area contributed by atoms with Crippen LogP contribution in [0.15, 0.2) is 78.9 Å². The molecular formula is C26H27N3O3. The van der Waals surface area contributed by atoms with Gasteiger partial charge in [0.2, 0.25) is 0 Å². The third-order valence-electron chi connectivity index (χ3n) is 5.60. The van der Waals surface area contributed by atoms with Gasteiger partial charge in [-0.2, -0.15) is 0 Å². The quantitative estimate of drug-likeness (QED) is 0.590. The zero-order valence-electron chi connectivity index (χ0n) is 18.1. The fourth-order valence-corrected chi connectivity index (χ4v) is 3.84. The van der Waals surface area contributed by atoms with Crippen LogP contribution in [0.5, 0.6) is 0 Å². The summed E-state index contributed by atoms with van der Waals surface area (Å²) >= 11 is 0. The molecule has 3 amide bonds. The number of carbonyl (C=O) groups excluding carboxylic acids is 2. The molecule has 2 N–H and O–H groups in total. The number of anilines is 2. The Balaban J connectivity index is 1.43. The lowest BCUT2D eigenvalue weighted by Crippen LogP contribution is -2.49. The molecule has 0 aliphatic carbocycles. The Hall–Kier alpha value is -3.64. The van der Waals surface area contributed by atoms with Crippen LogP contribution in [0.2, 0.25) is 0 Å². The highest BCUT2D eigenvalue weighted by Crippen LogP contribution is 2.23. The van der Waals surface area contributed by atoms with Gasteiger partial charge in [-0.3, -0.25) is 9.69 Å². The van der Waals surface area contributed by atoms with Crippen molar-refractivity contribution in [2.75, 3.05) is 23.3 Å². The Labute approximate surface area is 188 Å². The van der Waals surface area contributed by atoms with Crippen molar-refractivity contribution in [2.45, 2.75) is 26.0 Å². The molecule has 0 radical (unpaired) electrons. The summed E-state index contributed by atoms with van der Waals surface area (Å²) in [6.45, 7) is 3.66. The Morgan fingerprint density at radius 3 is 2.47 bits per heavy atom. The number of aliphatic hydroxyl groups is 1. The van der Waals surface area contributed by atoms with Gasteiger partial charge in [0, 0.05) is 36.6 Å². The number of nitrogens with one attached hydrogen (secondary N) is 1. The van der Waals surface area contributed by atoms with Gasteiger partial charge in [-0.05, 0) is 60.9 Å². The SMILES string of the molecule is CC(O)c1cccc(NC(=O)c2ccc(N3CCCN(Cc4ccccc4)C3=O)cc2)c1. The van der Waals surface area contributed by atoms with E-state index in [0.717, 1.165) is 29.8 Å². The highest BCUT2D eigenvalue weighted by molar-refractivity contribution is 6.04. The van der Waals surface area contributed by atoms with Crippen molar-refractivity contribution in [3.8, 4) is 0 Å². The largest absolute Gasteiger partial charge is 0.389 e. The van der Waals surface area contributed by atoms with E-state index >= 15 is 0 Å². The minimum atomic E-state index is -0.602. The number of hydrogen-bond donors (Lipinski definition) is 2. The second-order valence-corrected chi connectivity index (χ2v) is 8.00. The Morgan fingerprint density at radius 1 is 1.00 bits per heavy atom. The molecule has 6 nitrogen and oxygen atoms in total. The molecule has 3 aromatic rings. The van der Waals surface area contributed by atoms with E-state index in [4.69, 9.17) is 0 Å². The molecule has 0 aromatic heterocycles. The van der Waals surface area contributed by atoms with E-state index in [1.165, 1.54) is 0 Å². The lowest BCUT2D eigenvalue weighted by atomic mass is 10.1. The number of rotatable bonds is 6. The molecule has 1 aliphatic rings. The van der Waals surface area contributed by atoms with Crippen LogP contribution in [0.1, 0.15) is 40.9 Å². The Kier molecular flexibility index (Phi) is 6.52. The van der Waals surface area contributed by atoms with Crippen LogP contribution in [0.4, 0.5) is 16.2 Å². The Bertz CT molecular complexity index is 1080. The predicted molar refractivity (Wildman–Crippen MR) is 126 cm³/mol. The lowest BCUT2D eigenvalue weighted by molar-refractivity contribution is 0.102. The van der Waals surface area contributed by atoms with Crippen LogP contribution in [0.3, 0.4) is 0 Å². The number of aliphatic hydroxyl groups excluding tert-OH is 1. The van der Waals surface area contributed by atoms with Crippen molar-refractivity contribution < 1.29 is 14.7 Å². The van der Waals surface area contributed by atoms with Crippen LogP contribution >= 0.6 is 0 Å². The lowest BCUT2D eigenvalue weighted by Gasteiger charge is -2.35. The minimum absolute atomic E-state index is 0.0211. The van der Waals surface area contributed by atoms with E-state index in [9.17, 15) is 14.7 Å². The van der Waals surface area contributed by atoms with Gasteiger partial charge < -0.3 is 15.3 Å². The number of carbonyl (C=O) groups is 2. The number of nitrogens with zero attached hydrogens (tertiary/aromatic N) is 2. The van der Waals surface area contributed by atoms with Crippen LogP contribution < -0.4 is 10.2 Å². The van der Waals surface area contributed by atoms with Gasteiger partial charge in [0.05, 0.1) is 6.10 Å². The van der Waals surface area contributed by atoms with E-state index in [1.807, 2.05) is 53.4 Å². The average molecular weight is 430 g/mol. The van der Waals surface area contributed by atoms with E-state index in [-0.39, 0.29) is 11.9 Å². The van der Waals surface area contributed by atoms with Gasteiger partial charge in [-0.25, -0.2) is 4.79 Å². The molecule has 32 heavy (non-hydrogen) atoms. The third-order valence-corrected chi connectivity index (χ3v) is 5.60. The standard InChI is InChI=1S/C26H27N3O3/c1-19(30)22-9-5-10-23(17-22)27-25(31)21-11-13-24(14-12-21)29-16-6-15-28(26(29)32)18-20-7-3-2-4-8-20/h2-5,7-14,17,19,30H,6,15-16,18H2,1H3,(H,27,31). The summed E-state index contributed by atoms with van der Waals surface area (Å²) in [6.07, 6.45) is 0.287. The molecule has 1 atom stereocenters. The number of amides is 3. The highest BCUT2D eigenvalue weighted by atomic mass is 16.3. The van der Waals surface area contributed by atoms with Crippen molar-refractivity contribution in [3.63, 3.8) is 0 Å². The first-order chi connectivity index (χ1) is 15.5. The monoisotopic (exact) mass is 429 g/mol. The number of benzene rings is 3. The molecule has 1 saturated heterocycles. The van der Waals surface area contributed by atoms with E-state index in [0.29, 0.717) is 24.3 Å². The molecule has 3 aromatic carbocycles. The molecule has 0 bridgehead atoms. The minimum Gasteiger partial charge on any atom is -0.389 e. The maximum Gasteiger partial charge on any atom is 0.324 e. The first-order valence-corrected chi connectivity index (χ1v) is 10.8.